The van der Waals surface area contributed by atoms with Crippen LogP contribution in [0.5, 0.6) is 0 Å². The van der Waals surface area contributed by atoms with Gasteiger partial charge < -0.3 is 15.5 Å². The number of carbonyl (C=O) groups is 1. The summed E-state index contributed by atoms with van der Waals surface area (Å²) in [5.74, 6) is -5.19. The Balaban J connectivity index is 1.41. The molecule has 1 aromatic heterocycles. The molecule has 2 aliphatic carbocycles. The lowest BCUT2D eigenvalue weighted by molar-refractivity contribution is -0.149. The molecule has 3 N–H and O–H groups in total. The number of sulfone groups is 1. The van der Waals surface area contributed by atoms with Gasteiger partial charge >= 0.3 is 0 Å². The fourth-order valence-corrected chi connectivity index (χ4v) is 8.65. The van der Waals surface area contributed by atoms with Gasteiger partial charge in [-0.3, -0.25) is 4.79 Å². The average Bonchev–Trinajstić information content (AvgIpc) is 3.02. The Bertz CT molecular complexity index is 1590. The van der Waals surface area contributed by atoms with Gasteiger partial charge in [-0.1, -0.05) is 24.6 Å². The highest BCUT2D eigenvalue weighted by atomic mass is 35.5. The van der Waals surface area contributed by atoms with E-state index in [1.54, 1.807) is 0 Å². The van der Waals surface area contributed by atoms with Crippen LogP contribution in [0.25, 0.3) is 0 Å². The van der Waals surface area contributed by atoms with Gasteiger partial charge in [0.15, 0.2) is 21.5 Å². The number of benzene rings is 2. The van der Waals surface area contributed by atoms with Crippen molar-refractivity contribution in [1.82, 2.24) is 4.98 Å². The first-order chi connectivity index (χ1) is 18.8. The zero-order chi connectivity index (χ0) is 29.0. The molecule has 40 heavy (non-hydrogen) atoms. The van der Waals surface area contributed by atoms with Gasteiger partial charge in [0.05, 0.1) is 20.9 Å². The lowest BCUT2D eigenvalue weighted by Gasteiger charge is -2.45. The highest BCUT2D eigenvalue weighted by Crippen LogP contribution is 2.58. The molecule has 2 aromatic carbocycles. The largest absolute Gasteiger partial charge is 0.386 e. The summed E-state index contributed by atoms with van der Waals surface area (Å²) in [6.07, 6.45) is -1.05. The molecule has 1 heterocycles. The summed E-state index contributed by atoms with van der Waals surface area (Å²) in [6.45, 7) is 1.87. The number of pyridine rings is 1. The van der Waals surface area contributed by atoms with Crippen LogP contribution in [-0.2, 0) is 9.84 Å². The van der Waals surface area contributed by atoms with Crippen molar-refractivity contribution in [3.63, 3.8) is 0 Å². The maximum atomic E-state index is 13.8. The molecule has 3 aromatic rings. The number of rotatable bonds is 6. The van der Waals surface area contributed by atoms with Crippen LogP contribution in [0, 0.1) is 35.3 Å². The molecule has 6 atom stereocenters. The van der Waals surface area contributed by atoms with Gasteiger partial charge in [-0.15, -0.1) is 0 Å². The number of halogens is 4. The predicted molar refractivity (Wildman–Crippen MR) is 141 cm³/mol. The minimum atomic E-state index is -4.12. The van der Waals surface area contributed by atoms with Crippen molar-refractivity contribution < 1.29 is 36.6 Å². The molecule has 2 fully saturated rings. The molecular weight excluding hydrogens is 569 g/mol. The Kier molecular flexibility index (Phi) is 7.45. The van der Waals surface area contributed by atoms with Crippen LogP contribution in [-0.4, -0.2) is 40.4 Å². The van der Waals surface area contributed by atoms with E-state index >= 15 is 0 Å². The van der Waals surface area contributed by atoms with E-state index in [1.807, 2.05) is 6.92 Å². The number of hydrogen-bond donors (Lipinski definition) is 3. The Morgan fingerprint density at radius 2 is 1.82 bits per heavy atom. The van der Waals surface area contributed by atoms with E-state index in [0.29, 0.717) is 6.42 Å². The molecule has 0 saturated heterocycles. The van der Waals surface area contributed by atoms with Crippen molar-refractivity contribution in [1.29, 1.82) is 0 Å². The maximum Gasteiger partial charge on any atom is 0.255 e. The van der Waals surface area contributed by atoms with Crippen LogP contribution in [0.3, 0.4) is 0 Å². The predicted octanol–water partition coefficient (Wildman–Crippen LogP) is 5.08. The third-order valence-electron chi connectivity index (χ3n) is 8.23. The Morgan fingerprint density at radius 3 is 2.50 bits per heavy atom. The molecule has 212 valence electrons. The molecule has 5 rings (SSSR count). The quantitative estimate of drug-likeness (QED) is 0.343. The van der Waals surface area contributed by atoms with Gasteiger partial charge in [-0.05, 0) is 79.5 Å². The SMILES string of the molecule is C[C@H]1CC2CC(S(=O)(=O)c3cc(C(=O)Nc4ccc(F)c(F)c4)ccc3Cl)CC1[C@@]2(O)[C@H](O)c1cccc(F)n1. The van der Waals surface area contributed by atoms with Crippen molar-refractivity contribution in [2.75, 3.05) is 5.32 Å². The number of nitrogens with zero attached hydrogens (tertiary/aromatic N) is 1. The van der Waals surface area contributed by atoms with Crippen LogP contribution in [0.4, 0.5) is 18.9 Å². The summed E-state index contributed by atoms with van der Waals surface area (Å²) in [6, 6.07) is 10.4. The van der Waals surface area contributed by atoms with Crippen LogP contribution in [0.1, 0.15) is 48.3 Å². The summed E-state index contributed by atoms with van der Waals surface area (Å²) >= 11 is 6.29. The second-order valence-electron chi connectivity index (χ2n) is 10.6. The number of fused-ring (bicyclic) bond motifs is 2. The number of aliphatic hydroxyl groups is 2. The summed E-state index contributed by atoms with van der Waals surface area (Å²) in [4.78, 5) is 16.2. The number of aliphatic hydroxyl groups excluding tert-OH is 1. The number of nitrogens with one attached hydrogen (secondary N) is 1. The van der Waals surface area contributed by atoms with Crippen molar-refractivity contribution in [2.45, 2.75) is 48.0 Å². The Labute approximate surface area is 233 Å². The highest BCUT2D eigenvalue weighted by Gasteiger charge is 2.62. The molecule has 12 heteroatoms. The fraction of sp³-hybridized carbons (Fsp3) is 0.357. The van der Waals surface area contributed by atoms with E-state index in [2.05, 4.69) is 10.3 Å². The number of hydrogen-bond acceptors (Lipinski definition) is 6. The zero-order valence-electron chi connectivity index (χ0n) is 21.2. The molecule has 2 bridgehead atoms. The lowest BCUT2D eigenvalue weighted by Crippen LogP contribution is -2.52. The van der Waals surface area contributed by atoms with Crippen LogP contribution in [0.15, 0.2) is 59.5 Å². The Morgan fingerprint density at radius 1 is 1.07 bits per heavy atom. The number of aromatic nitrogens is 1. The molecule has 3 unspecified atom stereocenters. The molecule has 7 nitrogen and oxygen atoms in total. The van der Waals surface area contributed by atoms with Crippen molar-refractivity contribution in [3.05, 3.63) is 88.5 Å². The monoisotopic (exact) mass is 594 g/mol. The van der Waals surface area contributed by atoms with E-state index in [9.17, 15) is 36.6 Å². The second-order valence-corrected chi connectivity index (χ2v) is 13.2. The van der Waals surface area contributed by atoms with Crippen molar-refractivity contribution >= 4 is 33.0 Å². The normalized spacial score (nSPS) is 26.9. The van der Waals surface area contributed by atoms with Gasteiger partial charge in [-0.25, -0.2) is 22.2 Å². The van der Waals surface area contributed by atoms with Crippen molar-refractivity contribution in [2.24, 2.45) is 17.8 Å². The maximum absolute atomic E-state index is 13.8. The van der Waals surface area contributed by atoms with E-state index in [4.69, 9.17) is 11.6 Å². The number of anilines is 1. The smallest absolute Gasteiger partial charge is 0.255 e. The van der Waals surface area contributed by atoms with Gasteiger partial charge in [0.1, 0.15) is 11.7 Å². The topological polar surface area (TPSA) is 117 Å². The van der Waals surface area contributed by atoms with E-state index in [0.717, 1.165) is 30.3 Å². The first kappa shape index (κ1) is 28.5. The molecule has 0 radical (unpaired) electrons. The number of carbonyl (C=O) groups excluding carboxylic acids is 1. The average molecular weight is 595 g/mol. The zero-order valence-corrected chi connectivity index (χ0v) is 22.8. The molecule has 1 amide bonds. The third-order valence-corrected chi connectivity index (χ3v) is 10.9. The van der Waals surface area contributed by atoms with Gasteiger partial charge in [-0.2, -0.15) is 4.39 Å². The number of amides is 1. The first-order valence-corrected chi connectivity index (χ1v) is 14.6. The third kappa shape index (κ3) is 4.89. The molecule has 0 aliphatic heterocycles. The Hall–Kier alpha value is -2.99. The second kappa shape index (κ2) is 10.4. The minimum absolute atomic E-state index is 0.00445. The van der Waals surface area contributed by atoms with Crippen molar-refractivity contribution in [3.8, 4) is 0 Å². The summed E-state index contributed by atoms with van der Waals surface area (Å²) < 4.78 is 68.2. The van der Waals surface area contributed by atoms with Gasteiger partial charge in [0.25, 0.3) is 5.91 Å². The first-order valence-electron chi connectivity index (χ1n) is 12.6. The summed E-state index contributed by atoms with van der Waals surface area (Å²) in [5, 5.41) is 24.1. The molecule has 2 saturated carbocycles. The van der Waals surface area contributed by atoms with E-state index < -0.39 is 62.1 Å². The highest BCUT2D eigenvalue weighted by molar-refractivity contribution is 7.92. The van der Waals surface area contributed by atoms with Gasteiger partial charge in [0.2, 0.25) is 5.95 Å². The molecular formula is C28H26ClF3N2O5S. The van der Waals surface area contributed by atoms with Gasteiger partial charge in [0, 0.05) is 17.3 Å². The molecule has 2 aliphatic rings. The lowest BCUT2D eigenvalue weighted by atomic mass is 9.69. The minimum Gasteiger partial charge on any atom is -0.386 e. The van der Waals surface area contributed by atoms with E-state index in [-0.39, 0.29) is 45.6 Å². The van der Waals surface area contributed by atoms with Crippen LogP contribution < -0.4 is 5.32 Å². The molecule has 0 spiro atoms. The fourth-order valence-electron chi connectivity index (χ4n) is 6.28. The van der Waals surface area contributed by atoms with Crippen LogP contribution in [0.2, 0.25) is 5.02 Å². The summed E-state index contributed by atoms with van der Waals surface area (Å²) in [5.41, 5.74) is -1.83. The van der Waals surface area contributed by atoms with E-state index in [1.165, 1.54) is 24.3 Å². The standard InChI is InChI=1S/C28H26ClF3N2O5S/c1-14-9-16-11-18(13-19(14)28(16,37)26(35)23-3-2-4-25(32)34-23)40(38,39)24-10-15(5-7-20(24)29)27(36)33-17-6-8-21(30)22(31)12-17/h2-8,10,12,14,16,18-19,26,35,37H,9,11,13H2,1H3,(H,33,36)/t14-,16?,18?,19?,26+,28+/m0/s1. The summed E-state index contributed by atoms with van der Waals surface area (Å²) in [7, 11) is -4.12. The van der Waals surface area contributed by atoms with Crippen LogP contribution >= 0.6 is 11.6 Å².